The summed E-state index contributed by atoms with van der Waals surface area (Å²) >= 11 is 1.79. The molecule has 0 unspecified atom stereocenters. The molecule has 0 atom stereocenters. The van der Waals surface area contributed by atoms with Crippen LogP contribution < -0.4 is 0 Å². The van der Waals surface area contributed by atoms with Crippen LogP contribution in [-0.2, 0) is 4.74 Å². The van der Waals surface area contributed by atoms with Gasteiger partial charge in [0, 0.05) is 11.3 Å². The van der Waals surface area contributed by atoms with Crippen molar-refractivity contribution in [3.8, 4) is 0 Å². The van der Waals surface area contributed by atoms with E-state index >= 15 is 0 Å². The predicted molar refractivity (Wildman–Crippen MR) is 47.6 cm³/mol. The van der Waals surface area contributed by atoms with Gasteiger partial charge >= 0.3 is 0 Å². The van der Waals surface area contributed by atoms with Crippen LogP contribution in [-0.4, -0.2) is 6.61 Å². The molecule has 1 nitrogen and oxygen atoms in total. The van der Waals surface area contributed by atoms with E-state index in [0.717, 1.165) is 18.8 Å². The Balaban J connectivity index is 2.28. The molecule has 2 heteroatoms. The first kappa shape index (κ1) is 6.92. The van der Waals surface area contributed by atoms with Gasteiger partial charge in [0.25, 0.3) is 0 Å². The molecule has 0 N–H and O–H groups in total. The van der Waals surface area contributed by atoms with Crippen molar-refractivity contribution >= 4 is 17.1 Å². The first-order valence-electron chi connectivity index (χ1n) is 3.76. The van der Waals surface area contributed by atoms with Gasteiger partial charge in [-0.25, -0.2) is 0 Å². The molecule has 0 spiro atoms. The molecule has 58 valence electrons. The second-order valence-electron chi connectivity index (χ2n) is 2.62. The van der Waals surface area contributed by atoms with E-state index in [0.29, 0.717) is 0 Å². The van der Waals surface area contributed by atoms with Crippen LogP contribution in [0.5, 0.6) is 0 Å². The fraction of sp³-hybridized carbons (Fsp3) is 0.333. The fourth-order valence-corrected chi connectivity index (χ4v) is 2.02. The van der Waals surface area contributed by atoms with Gasteiger partial charge in [0.2, 0.25) is 0 Å². The summed E-state index contributed by atoms with van der Waals surface area (Å²) in [5, 5.41) is 0. The van der Waals surface area contributed by atoms with Crippen molar-refractivity contribution in [1.82, 2.24) is 0 Å². The Morgan fingerprint density at radius 2 is 2.36 bits per heavy atom. The summed E-state index contributed by atoms with van der Waals surface area (Å²) in [4.78, 5) is 2.61. The Hall–Kier alpha value is -0.760. The summed E-state index contributed by atoms with van der Waals surface area (Å²) in [6.45, 7) is 2.97. The molecule has 11 heavy (non-hydrogen) atoms. The molecule has 1 aliphatic heterocycles. The summed E-state index contributed by atoms with van der Waals surface area (Å²) < 4.78 is 5.42. The Morgan fingerprint density at radius 3 is 2.91 bits per heavy atom. The van der Waals surface area contributed by atoms with E-state index in [1.807, 2.05) is 0 Å². The second kappa shape index (κ2) is 2.70. The van der Waals surface area contributed by atoms with Gasteiger partial charge in [-0.1, -0.05) is 0 Å². The normalized spacial score (nSPS) is 16.3. The van der Waals surface area contributed by atoms with Crippen LogP contribution in [0.3, 0.4) is 0 Å². The molecule has 1 aromatic rings. The van der Waals surface area contributed by atoms with Crippen LogP contribution >= 0.6 is 11.3 Å². The molecular weight excluding hydrogens is 156 g/mol. The molecule has 0 saturated heterocycles. The van der Waals surface area contributed by atoms with Crippen LogP contribution in [0.25, 0.3) is 5.76 Å². The summed E-state index contributed by atoms with van der Waals surface area (Å²) in [5.74, 6) is 1.07. The molecule has 0 amide bonds. The standard InChI is InChI=1S/C9H10OS/c1-7-4-5-9(11-7)8-3-2-6-10-8/h3-5H,2,6H2,1H3. The molecule has 1 aromatic heterocycles. The monoisotopic (exact) mass is 166 g/mol. The highest BCUT2D eigenvalue weighted by molar-refractivity contribution is 7.13. The predicted octanol–water partition coefficient (Wildman–Crippen LogP) is 2.82. The van der Waals surface area contributed by atoms with Gasteiger partial charge in [0.1, 0.15) is 5.76 Å². The minimum Gasteiger partial charge on any atom is -0.492 e. The van der Waals surface area contributed by atoms with Crippen molar-refractivity contribution in [1.29, 1.82) is 0 Å². The largest absolute Gasteiger partial charge is 0.492 e. The van der Waals surface area contributed by atoms with Crippen molar-refractivity contribution in [3.63, 3.8) is 0 Å². The molecular formula is C9H10OS. The molecule has 2 rings (SSSR count). The first-order chi connectivity index (χ1) is 5.36. The van der Waals surface area contributed by atoms with Crippen LogP contribution in [0.2, 0.25) is 0 Å². The van der Waals surface area contributed by atoms with Crippen molar-refractivity contribution < 1.29 is 4.74 Å². The Labute approximate surface area is 70.3 Å². The lowest BCUT2D eigenvalue weighted by Gasteiger charge is -1.97. The van der Waals surface area contributed by atoms with Crippen molar-refractivity contribution in [2.24, 2.45) is 0 Å². The summed E-state index contributed by atoms with van der Waals surface area (Å²) in [6, 6.07) is 4.25. The first-order valence-corrected chi connectivity index (χ1v) is 4.58. The maximum absolute atomic E-state index is 5.42. The van der Waals surface area contributed by atoms with Crippen molar-refractivity contribution in [3.05, 3.63) is 28.0 Å². The Kier molecular flexibility index (Phi) is 1.70. The zero-order chi connectivity index (χ0) is 7.68. The van der Waals surface area contributed by atoms with E-state index in [4.69, 9.17) is 4.74 Å². The van der Waals surface area contributed by atoms with Gasteiger partial charge in [0.15, 0.2) is 0 Å². The van der Waals surface area contributed by atoms with E-state index < -0.39 is 0 Å². The van der Waals surface area contributed by atoms with E-state index in [2.05, 4.69) is 25.1 Å². The van der Waals surface area contributed by atoms with Crippen LogP contribution in [0.15, 0.2) is 18.2 Å². The maximum Gasteiger partial charge on any atom is 0.132 e. The fourth-order valence-electron chi connectivity index (χ4n) is 1.16. The van der Waals surface area contributed by atoms with E-state index in [-0.39, 0.29) is 0 Å². The van der Waals surface area contributed by atoms with Crippen LogP contribution in [0, 0.1) is 6.92 Å². The number of hydrogen-bond acceptors (Lipinski definition) is 2. The second-order valence-corrected chi connectivity index (χ2v) is 3.90. The molecule has 0 fully saturated rings. The molecule has 0 aromatic carbocycles. The van der Waals surface area contributed by atoms with Gasteiger partial charge in [-0.3, -0.25) is 0 Å². The highest BCUT2D eigenvalue weighted by atomic mass is 32.1. The molecule has 0 aliphatic carbocycles. The third-order valence-electron chi connectivity index (χ3n) is 1.69. The van der Waals surface area contributed by atoms with E-state index in [9.17, 15) is 0 Å². The lowest BCUT2D eigenvalue weighted by atomic mass is 10.3. The zero-order valence-corrected chi connectivity index (χ0v) is 7.28. The third-order valence-corrected chi connectivity index (χ3v) is 2.70. The molecule has 0 radical (unpaired) electrons. The minimum absolute atomic E-state index is 0.853. The zero-order valence-electron chi connectivity index (χ0n) is 6.46. The number of rotatable bonds is 1. The van der Waals surface area contributed by atoms with Crippen LogP contribution in [0.4, 0.5) is 0 Å². The number of hydrogen-bond donors (Lipinski definition) is 0. The van der Waals surface area contributed by atoms with E-state index in [1.165, 1.54) is 9.75 Å². The van der Waals surface area contributed by atoms with Gasteiger partial charge in [-0.05, 0) is 25.1 Å². The average molecular weight is 166 g/mol. The Bertz CT molecular complexity index is 286. The topological polar surface area (TPSA) is 9.23 Å². The molecule has 0 saturated carbocycles. The average Bonchev–Trinajstić information content (AvgIpc) is 2.55. The van der Waals surface area contributed by atoms with Gasteiger partial charge in [0.05, 0.1) is 11.5 Å². The Morgan fingerprint density at radius 1 is 1.45 bits per heavy atom. The lowest BCUT2D eigenvalue weighted by Crippen LogP contribution is -1.80. The molecule has 0 bridgehead atoms. The smallest absolute Gasteiger partial charge is 0.132 e. The van der Waals surface area contributed by atoms with Crippen molar-refractivity contribution in [2.45, 2.75) is 13.3 Å². The number of aryl methyl sites for hydroxylation is 1. The maximum atomic E-state index is 5.42. The SMILES string of the molecule is Cc1ccc(C2=CCCO2)s1. The third kappa shape index (κ3) is 1.31. The summed E-state index contributed by atoms with van der Waals surface area (Å²) in [6.07, 6.45) is 3.22. The van der Waals surface area contributed by atoms with Gasteiger partial charge in [-0.2, -0.15) is 0 Å². The summed E-state index contributed by atoms with van der Waals surface area (Å²) in [7, 11) is 0. The molecule has 1 aliphatic rings. The summed E-state index contributed by atoms with van der Waals surface area (Å²) in [5.41, 5.74) is 0. The highest BCUT2D eigenvalue weighted by Gasteiger charge is 2.09. The minimum atomic E-state index is 0.853. The van der Waals surface area contributed by atoms with E-state index in [1.54, 1.807) is 11.3 Å². The molecule has 2 heterocycles. The quantitative estimate of drug-likeness (QED) is 0.623. The van der Waals surface area contributed by atoms with Gasteiger partial charge in [-0.15, -0.1) is 11.3 Å². The number of thiophene rings is 1. The highest BCUT2D eigenvalue weighted by Crippen LogP contribution is 2.27. The lowest BCUT2D eigenvalue weighted by molar-refractivity contribution is 0.308. The number of ether oxygens (including phenoxy) is 1. The van der Waals surface area contributed by atoms with Gasteiger partial charge < -0.3 is 4.74 Å². The van der Waals surface area contributed by atoms with Crippen LogP contribution in [0.1, 0.15) is 16.2 Å². The van der Waals surface area contributed by atoms with Crippen molar-refractivity contribution in [2.75, 3.05) is 6.61 Å².